The maximum Gasteiger partial charge on any atom is 0.469 e. The number of rotatable bonds is 18. The van der Waals surface area contributed by atoms with Crippen molar-refractivity contribution < 1.29 is 18.9 Å². The quantitative estimate of drug-likeness (QED) is 0.209. The van der Waals surface area contributed by atoms with Gasteiger partial charge in [-0.25, -0.2) is 4.57 Å². The smallest absolute Gasteiger partial charge is 0.303 e. The molecule has 0 saturated heterocycles. The van der Waals surface area contributed by atoms with Crippen LogP contribution in [0.25, 0.3) is 0 Å². The van der Waals surface area contributed by atoms with E-state index in [0.717, 1.165) is 38.5 Å². The molecule has 24 heavy (non-hydrogen) atoms. The topological polar surface area (TPSA) is 66.8 Å². The minimum atomic E-state index is -4.36. The molecule has 0 unspecified atom stereocenters. The molecule has 0 radical (unpaired) electrons. The van der Waals surface area contributed by atoms with Crippen molar-refractivity contribution in [1.29, 1.82) is 0 Å². The second-order valence-corrected chi connectivity index (χ2v) is 8.23. The Balaban J connectivity index is 3.79. The molecule has 0 aromatic rings. The highest BCUT2D eigenvalue weighted by Gasteiger charge is 2.21. The molecule has 0 spiro atoms. The van der Waals surface area contributed by atoms with Gasteiger partial charge in [-0.15, -0.1) is 0 Å². The maximum absolute atomic E-state index is 11.1. The third-order valence-corrected chi connectivity index (χ3v) is 5.12. The van der Waals surface area contributed by atoms with Gasteiger partial charge in [0.25, 0.3) is 0 Å². The predicted octanol–water partition coefficient (Wildman–Crippen LogP) is 6.75. The van der Waals surface area contributed by atoms with Gasteiger partial charge in [-0.3, -0.25) is 4.52 Å². The van der Waals surface area contributed by atoms with Crippen molar-refractivity contribution in [2.24, 2.45) is 0 Å². The third-order valence-electron chi connectivity index (χ3n) is 4.55. The van der Waals surface area contributed by atoms with Crippen molar-refractivity contribution in [3.63, 3.8) is 0 Å². The van der Waals surface area contributed by atoms with Crippen LogP contribution in [0.3, 0.4) is 0 Å². The number of hydrogen-bond acceptors (Lipinski definition) is 2. The Morgan fingerprint density at radius 2 is 1.00 bits per heavy atom. The van der Waals surface area contributed by atoms with E-state index in [0.29, 0.717) is 0 Å². The Bertz CT molecular complexity index is 286. The lowest BCUT2D eigenvalue weighted by Crippen LogP contribution is -2.11. The van der Waals surface area contributed by atoms with Gasteiger partial charge in [0.15, 0.2) is 0 Å². The summed E-state index contributed by atoms with van der Waals surface area (Å²) in [5.74, 6) is 0. The highest BCUT2D eigenvalue weighted by Crippen LogP contribution is 2.39. The molecule has 2 N–H and O–H groups in total. The van der Waals surface area contributed by atoms with Gasteiger partial charge < -0.3 is 9.79 Å². The summed E-state index contributed by atoms with van der Waals surface area (Å²) in [6.07, 6.45) is 18.3. The van der Waals surface area contributed by atoms with Gasteiger partial charge in [0.2, 0.25) is 0 Å². The summed E-state index contributed by atoms with van der Waals surface area (Å²) in [5.41, 5.74) is 0. The van der Waals surface area contributed by atoms with Gasteiger partial charge in [-0.2, -0.15) is 0 Å². The average molecular weight is 365 g/mol. The Labute approximate surface area is 150 Å². The van der Waals surface area contributed by atoms with E-state index in [1.165, 1.54) is 64.2 Å². The van der Waals surface area contributed by atoms with Crippen LogP contribution in [0, 0.1) is 0 Å². The number of phosphoric ester groups is 1. The molecule has 146 valence electrons. The molecule has 0 heterocycles. The van der Waals surface area contributed by atoms with E-state index in [-0.39, 0.29) is 6.10 Å². The molecule has 0 atom stereocenters. The molecule has 0 aromatic carbocycles. The zero-order valence-corrected chi connectivity index (χ0v) is 16.9. The zero-order chi connectivity index (χ0) is 18.1. The molecular weight excluding hydrogens is 323 g/mol. The molecule has 0 aliphatic rings. The molecule has 4 nitrogen and oxygen atoms in total. The minimum absolute atomic E-state index is 0.280. The van der Waals surface area contributed by atoms with Crippen molar-refractivity contribution in [1.82, 2.24) is 0 Å². The van der Waals surface area contributed by atoms with Gasteiger partial charge >= 0.3 is 7.82 Å². The first-order chi connectivity index (χ1) is 11.5. The van der Waals surface area contributed by atoms with Gasteiger partial charge in [-0.1, -0.05) is 104 Å². The Morgan fingerprint density at radius 3 is 1.33 bits per heavy atom. The first-order valence-corrected chi connectivity index (χ1v) is 11.8. The Morgan fingerprint density at radius 1 is 0.667 bits per heavy atom. The fourth-order valence-corrected chi connectivity index (χ4v) is 3.70. The largest absolute Gasteiger partial charge is 0.469 e. The van der Waals surface area contributed by atoms with Crippen molar-refractivity contribution in [3.8, 4) is 0 Å². The van der Waals surface area contributed by atoms with Crippen molar-refractivity contribution in [2.45, 2.75) is 123 Å². The van der Waals surface area contributed by atoms with Crippen molar-refractivity contribution >= 4 is 7.82 Å². The van der Waals surface area contributed by atoms with Gasteiger partial charge in [0.1, 0.15) is 0 Å². The number of unbranched alkanes of at least 4 members (excludes halogenated alkanes) is 12. The van der Waals surface area contributed by atoms with Crippen LogP contribution < -0.4 is 0 Å². The van der Waals surface area contributed by atoms with Crippen LogP contribution in [-0.2, 0) is 9.09 Å². The summed E-state index contributed by atoms with van der Waals surface area (Å²) in [5, 5.41) is 0. The third kappa shape index (κ3) is 18.4. The lowest BCUT2D eigenvalue weighted by Gasteiger charge is -2.18. The molecule has 0 aliphatic carbocycles. The second-order valence-electron chi connectivity index (χ2n) is 7.04. The summed E-state index contributed by atoms with van der Waals surface area (Å²) in [6.45, 7) is 4.43. The normalized spacial score (nSPS) is 12.2. The van der Waals surface area contributed by atoms with Crippen LogP contribution in [0.5, 0.6) is 0 Å². The SMILES string of the molecule is CCCCCCCCCC(CCCCCCCCC)OP(=O)(O)O. The first-order valence-electron chi connectivity index (χ1n) is 10.2. The molecule has 0 saturated carbocycles. The Kier molecular flexibility index (Phi) is 16.6. The van der Waals surface area contributed by atoms with Crippen LogP contribution in [0.15, 0.2) is 0 Å². The van der Waals surface area contributed by atoms with Gasteiger partial charge in [0.05, 0.1) is 6.10 Å². The van der Waals surface area contributed by atoms with E-state index < -0.39 is 7.82 Å². The van der Waals surface area contributed by atoms with E-state index in [9.17, 15) is 4.57 Å². The standard InChI is InChI=1S/C19H41O4P/c1-3-5-7-9-11-13-15-17-19(23-24(20,21)22)18-16-14-12-10-8-6-4-2/h19H,3-18H2,1-2H3,(H2,20,21,22). The van der Waals surface area contributed by atoms with Crippen LogP contribution in [-0.4, -0.2) is 15.9 Å². The van der Waals surface area contributed by atoms with E-state index in [2.05, 4.69) is 13.8 Å². The predicted molar refractivity (Wildman–Crippen MR) is 102 cm³/mol. The highest BCUT2D eigenvalue weighted by atomic mass is 31.2. The molecular formula is C19H41O4P. The van der Waals surface area contributed by atoms with Crippen LogP contribution in [0.4, 0.5) is 0 Å². The van der Waals surface area contributed by atoms with Crippen LogP contribution in [0.1, 0.15) is 117 Å². The monoisotopic (exact) mass is 364 g/mol. The summed E-state index contributed by atoms with van der Waals surface area (Å²) >= 11 is 0. The molecule has 0 rings (SSSR count). The van der Waals surface area contributed by atoms with Crippen LogP contribution >= 0.6 is 7.82 Å². The Hall–Kier alpha value is 0.110. The number of phosphoric acid groups is 1. The molecule has 0 bridgehead atoms. The highest BCUT2D eigenvalue weighted by molar-refractivity contribution is 7.46. The van der Waals surface area contributed by atoms with Gasteiger partial charge in [-0.05, 0) is 12.8 Å². The van der Waals surface area contributed by atoms with E-state index in [1.54, 1.807) is 0 Å². The van der Waals surface area contributed by atoms with Crippen LogP contribution in [0.2, 0.25) is 0 Å². The maximum atomic E-state index is 11.1. The minimum Gasteiger partial charge on any atom is -0.303 e. The lowest BCUT2D eigenvalue weighted by atomic mass is 10.0. The van der Waals surface area contributed by atoms with Crippen molar-refractivity contribution in [3.05, 3.63) is 0 Å². The molecule has 5 heteroatoms. The average Bonchev–Trinajstić information content (AvgIpc) is 2.51. The van der Waals surface area contributed by atoms with Gasteiger partial charge in [0, 0.05) is 0 Å². The zero-order valence-electron chi connectivity index (χ0n) is 16.0. The summed E-state index contributed by atoms with van der Waals surface area (Å²) in [7, 11) is -4.36. The fraction of sp³-hybridized carbons (Fsp3) is 1.00. The summed E-state index contributed by atoms with van der Waals surface area (Å²) < 4.78 is 16.1. The number of hydrogen-bond donors (Lipinski definition) is 2. The lowest BCUT2D eigenvalue weighted by molar-refractivity contribution is 0.115. The van der Waals surface area contributed by atoms with Crippen molar-refractivity contribution in [2.75, 3.05) is 0 Å². The second kappa shape index (κ2) is 16.6. The van der Waals surface area contributed by atoms with E-state index in [1.807, 2.05) is 0 Å². The van der Waals surface area contributed by atoms with E-state index >= 15 is 0 Å². The molecule has 0 aliphatic heterocycles. The summed E-state index contributed by atoms with van der Waals surface area (Å²) in [6, 6.07) is 0. The molecule has 0 fully saturated rings. The summed E-state index contributed by atoms with van der Waals surface area (Å²) in [4.78, 5) is 18.2. The first kappa shape index (κ1) is 24.1. The fourth-order valence-electron chi connectivity index (χ4n) is 3.10. The van der Waals surface area contributed by atoms with E-state index in [4.69, 9.17) is 14.3 Å². The molecule has 0 aromatic heterocycles. The molecule has 0 amide bonds.